The van der Waals surface area contributed by atoms with Crippen LogP contribution >= 0.6 is 0 Å². The van der Waals surface area contributed by atoms with E-state index < -0.39 is 17.9 Å². The molecule has 0 amide bonds. The summed E-state index contributed by atoms with van der Waals surface area (Å²) in [6.45, 7) is 1.57. The molecule has 1 atom stereocenters. The molecule has 0 aliphatic rings. The van der Waals surface area contributed by atoms with E-state index in [0.29, 0.717) is 11.5 Å². The molecule has 0 aromatic heterocycles. The fraction of sp³-hybridized carbons (Fsp3) is 0.176. The number of hydrogen-bond acceptors (Lipinski definition) is 5. The van der Waals surface area contributed by atoms with Gasteiger partial charge in [0.1, 0.15) is 11.5 Å². The molecule has 0 aliphatic heterocycles. The minimum atomic E-state index is -0.734. The van der Waals surface area contributed by atoms with E-state index in [1.807, 2.05) is 6.07 Å². The summed E-state index contributed by atoms with van der Waals surface area (Å²) < 4.78 is 29.1. The van der Waals surface area contributed by atoms with Crippen molar-refractivity contribution in [3.05, 3.63) is 53.8 Å². The highest BCUT2D eigenvalue weighted by molar-refractivity contribution is 5.74. The molecule has 0 saturated heterocycles. The van der Waals surface area contributed by atoms with Crippen LogP contribution in [0.1, 0.15) is 12.5 Å². The molecule has 23 heavy (non-hydrogen) atoms. The summed E-state index contributed by atoms with van der Waals surface area (Å²) in [4.78, 5) is 11.3. The smallest absolute Gasteiger partial charge is 0.346 e. The van der Waals surface area contributed by atoms with Gasteiger partial charge in [-0.3, -0.25) is 0 Å². The summed E-state index contributed by atoms with van der Waals surface area (Å²) in [5, 5.41) is 8.70. The fourth-order valence-electron chi connectivity index (χ4n) is 1.78. The quantitative estimate of drug-likeness (QED) is 0.791. The lowest BCUT2D eigenvalue weighted by Crippen LogP contribution is -2.24. The lowest BCUT2D eigenvalue weighted by atomic mass is 10.2. The first-order valence-corrected chi connectivity index (χ1v) is 6.75. The Morgan fingerprint density at radius 3 is 2.39 bits per heavy atom. The second-order valence-electron chi connectivity index (χ2n) is 4.61. The van der Waals surface area contributed by atoms with Gasteiger partial charge in [-0.15, -0.1) is 0 Å². The maximum atomic E-state index is 13.7. The fourth-order valence-corrected chi connectivity index (χ4v) is 1.78. The van der Waals surface area contributed by atoms with Crippen molar-refractivity contribution in [3.63, 3.8) is 0 Å². The number of hydrogen-bond donors (Lipinski definition) is 0. The first kappa shape index (κ1) is 16.3. The highest BCUT2D eigenvalue weighted by atomic mass is 19.1. The SMILES string of the molecule is COC(=O)C(C)Oc1ccc(Oc2ccc(C#N)cc2F)cc1. The highest BCUT2D eigenvalue weighted by Gasteiger charge is 2.14. The van der Waals surface area contributed by atoms with Crippen molar-refractivity contribution < 1.29 is 23.4 Å². The predicted molar refractivity (Wildman–Crippen MR) is 79.7 cm³/mol. The van der Waals surface area contributed by atoms with Crippen molar-refractivity contribution in [2.24, 2.45) is 0 Å². The van der Waals surface area contributed by atoms with Gasteiger partial charge in [0.25, 0.3) is 0 Å². The molecule has 0 radical (unpaired) electrons. The van der Waals surface area contributed by atoms with E-state index in [1.165, 1.54) is 19.2 Å². The Kier molecular flexibility index (Phi) is 5.15. The van der Waals surface area contributed by atoms with E-state index in [2.05, 4.69) is 4.74 Å². The van der Waals surface area contributed by atoms with E-state index >= 15 is 0 Å². The molecule has 0 bridgehead atoms. The van der Waals surface area contributed by atoms with Crippen LogP contribution in [-0.2, 0) is 9.53 Å². The van der Waals surface area contributed by atoms with Crippen molar-refractivity contribution in [2.45, 2.75) is 13.0 Å². The lowest BCUT2D eigenvalue weighted by Gasteiger charge is -2.13. The monoisotopic (exact) mass is 315 g/mol. The normalized spacial score (nSPS) is 11.2. The van der Waals surface area contributed by atoms with Crippen molar-refractivity contribution in [1.82, 2.24) is 0 Å². The molecule has 6 heteroatoms. The molecule has 2 aromatic rings. The largest absolute Gasteiger partial charge is 0.479 e. The van der Waals surface area contributed by atoms with Crippen LogP contribution in [0.5, 0.6) is 17.2 Å². The van der Waals surface area contributed by atoms with Crippen molar-refractivity contribution >= 4 is 5.97 Å². The molecule has 0 fully saturated rings. The van der Waals surface area contributed by atoms with E-state index in [9.17, 15) is 9.18 Å². The van der Waals surface area contributed by atoms with Crippen LogP contribution < -0.4 is 9.47 Å². The molecule has 1 unspecified atom stereocenters. The van der Waals surface area contributed by atoms with Gasteiger partial charge in [-0.1, -0.05) is 0 Å². The van der Waals surface area contributed by atoms with Crippen LogP contribution in [0.25, 0.3) is 0 Å². The summed E-state index contributed by atoms with van der Waals surface area (Å²) in [5.41, 5.74) is 0.218. The number of methoxy groups -OCH3 is 1. The number of ether oxygens (including phenoxy) is 3. The Morgan fingerprint density at radius 1 is 1.17 bits per heavy atom. The molecule has 0 aliphatic carbocycles. The van der Waals surface area contributed by atoms with Crippen LogP contribution in [0.15, 0.2) is 42.5 Å². The number of rotatable bonds is 5. The number of esters is 1. The number of halogens is 1. The molecular weight excluding hydrogens is 301 g/mol. The van der Waals surface area contributed by atoms with Crippen molar-refractivity contribution in [3.8, 4) is 23.3 Å². The number of carbonyl (C=O) groups is 1. The maximum absolute atomic E-state index is 13.7. The third-order valence-electron chi connectivity index (χ3n) is 2.96. The Balaban J connectivity index is 2.06. The molecular formula is C17H14FNO4. The van der Waals surface area contributed by atoms with Crippen molar-refractivity contribution in [2.75, 3.05) is 7.11 Å². The Labute approximate surface area is 132 Å². The summed E-state index contributed by atoms with van der Waals surface area (Å²) >= 11 is 0. The highest BCUT2D eigenvalue weighted by Crippen LogP contribution is 2.27. The minimum absolute atomic E-state index is 0.0144. The average molecular weight is 315 g/mol. The number of nitriles is 1. The second-order valence-corrected chi connectivity index (χ2v) is 4.61. The van der Waals surface area contributed by atoms with Crippen molar-refractivity contribution in [1.29, 1.82) is 5.26 Å². The van der Waals surface area contributed by atoms with Gasteiger partial charge in [0.15, 0.2) is 17.7 Å². The van der Waals surface area contributed by atoms with E-state index in [0.717, 1.165) is 6.07 Å². The second kappa shape index (κ2) is 7.27. The number of carbonyl (C=O) groups excluding carboxylic acids is 1. The first-order valence-electron chi connectivity index (χ1n) is 6.75. The summed E-state index contributed by atoms with van der Waals surface area (Å²) in [7, 11) is 1.28. The summed E-state index contributed by atoms with van der Waals surface area (Å²) in [6.07, 6.45) is -0.734. The molecule has 0 N–H and O–H groups in total. The average Bonchev–Trinajstić information content (AvgIpc) is 2.57. The van der Waals surface area contributed by atoms with Crippen LogP contribution in [0.2, 0.25) is 0 Å². The summed E-state index contributed by atoms with van der Waals surface area (Å²) in [6, 6.07) is 12.2. The maximum Gasteiger partial charge on any atom is 0.346 e. The van der Waals surface area contributed by atoms with Crippen LogP contribution in [-0.4, -0.2) is 19.2 Å². The molecule has 2 rings (SSSR count). The standard InChI is InChI=1S/C17H14FNO4/c1-11(17(20)21-2)22-13-4-6-14(7-5-13)23-16-8-3-12(10-19)9-15(16)18/h3-9,11H,1-2H3. The van der Waals surface area contributed by atoms with E-state index in [-0.39, 0.29) is 11.3 Å². The van der Waals surface area contributed by atoms with Gasteiger partial charge in [-0.25, -0.2) is 9.18 Å². The minimum Gasteiger partial charge on any atom is -0.479 e. The predicted octanol–water partition coefficient (Wildman–Crippen LogP) is 3.43. The zero-order valence-corrected chi connectivity index (χ0v) is 12.6. The molecule has 118 valence electrons. The van der Waals surface area contributed by atoms with Crippen LogP contribution in [0.3, 0.4) is 0 Å². The lowest BCUT2D eigenvalue weighted by molar-refractivity contribution is -0.147. The zero-order chi connectivity index (χ0) is 16.8. The van der Waals surface area contributed by atoms with Gasteiger partial charge in [0.2, 0.25) is 0 Å². The Hall–Kier alpha value is -3.07. The van der Waals surface area contributed by atoms with Gasteiger partial charge in [-0.05, 0) is 49.4 Å². The van der Waals surface area contributed by atoms with Crippen LogP contribution in [0, 0.1) is 17.1 Å². The molecule has 0 saturated carbocycles. The third-order valence-corrected chi connectivity index (χ3v) is 2.96. The molecule has 0 spiro atoms. The van der Waals surface area contributed by atoms with Crippen LogP contribution in [0.4, 0.5) is 4.39 Å². The van der Waals surface area contributed by atoms with Gasteiger partial charge >= 0.3 is 5.97 Å². The molecule has 5 nitrogen and oxygen atoms in total. The van der Waals surface area contributed by atoms with Gasteiger partial charge in [-0.2, -0.15) is 5.26 Å². The molecule has 2 aromatic carbocycles. The van der Waals surface area contributed by atoms with Gasteiger partial charge in [0.05, 0.1) is 18.7 Å². The Morgan fingerprint density at radius 2 is 1.83 bits per heavy atom. The number of nitrogens with zero attached hydrogens (tertiary/aromatic N) is 1. The van der Waals surface area contributed by atoms with Gasteiger partial charge in [0, 0.05) is 0 Å². The summed E-state index contributed by atoms with van der Waals surface area (Å²) in [5.74, 6) is -0.239. The number of benzene rings is 2. The van der Waals surface area contributed by atoms with Gasteiger partial charge < -0.3 is 14.2 Å². The molecule has 0 heterocycles. The Bertz CT molecular complexity index is 737. The van der Waals surface area contributed by atoms with E-state index in [1.54, 1.807) is 31.2 Å². The topological polar surface area (TPSA) is 68.6 Å². The van der Waals surface area contributed by atoms with E-state index in [4.69, 9.17) is 14.7 Å². The first-order chi connectivity index (χ1) is 11.0. The third kappa shape index (κ3) is 4.20. The zero-order valence-electron chi connectivity index (χ0n) is 12.6.